The van der Waals surface area contributed by atoms with E-state index in [2.05, 4.69) is 5.32 Å². The first kappa shape index (κ1) is 16.1. The van der Waals surface area contributed by atoms with E-state index in [-0.39, 0.29) is 18.0 Å². The first-order chi connectivity index (χ1) is 10.4. The van der Waals surface area contributed by atoms with Crippen molar-refractivity contribution in [3.05, 3.63) is 75.6 Å². The minimum Gasteiger partial charge on any atom is -0.384 e. The van der Waals surface area contributed by atoms with Crippen molar-refractivity contribution in [3.8, 4) is 0 Å². The first-order valence-corrected chi connectivity index (χ1v) is 6.81. The summed E-state index contributed by atoms with van der Waals surface area (Å²) in [7, 11) is 0. The molecule has 0 amide bonds. The van der Waals surface area contributed by atoms with Crippen molar-refractivity contribution in [3.63, 3.8) is 0 Å². The van der Waals surface area contributed by atoms with Gasteiger partial charge < -0.3 is 10.4 Å². The molecule has 0 aliphatic heterocycles. The lowest BCUT2D eigenvalue weighted by Gasteiger charge is -2.24. The lowest BCUT2D eigenvalue weighted by Crippen LogP contribution is -2.35. The highest BCUT2D eigenvalue weighted by atomic mass is 19.1. The molecule has 6 heteroatoms. The van der Waals surface area contributed by atoms with E-state index in [1.807, 2.05) is 0 Å². The number of halogens is 1. The summed E-state index contributed by atoms with van der Waals surface area (Å²) >= 11 is 0. The van der Waals surface area contributed by atoms with Crippen LogP contribution < -0.4 is 5.32 Å². The number of nitrogens with zero attached hydrogens (tertiary/aromatic N) is 1. The number of benzene rings is 2. The van der Waals surface area contributed by atoms with Crippen molar-refractivity contribution in [1.29, 1.82) is 0 Å². The Hall–Kier alpha value is -2.31. The van der Waals surface area contributed by atoms with Gasteiger partial charge in [0.2, 0.25) is 0 Å². The molecule has 0 spiro atoms. The largest absolute Gasteiger partial charge is 0.384 e. The Labute approximate surface area is 127 Å². The van der Waals surface area contributed by atoms with Gasteiger partial charge in [-0.2, -0.15) is 0 Å². The summed E-state index contributed by atoms with van der Waals surface area (Å²) in [5, 5.41) is 24.2. The summed E-state index contributed by atoms with van der Waals surface area (Å²) in [6.07, 6.45) is 0. The molecule has 0 aromatic heterocycles. The summed E-state index contributed by atoms with van der Waals surface area (Å²) in [6.45, 7) is 2.25. The van der Waals surface area contributed by atoms with E-state index in [0.717, 1.165) is 5.56 Å². The zero-order valence-corrected chi connectivity index (χ0v) is 12.1. The second kappa shape index (κ2) is 6.64. The molecule has 0 saturated heterocycles. The van der Waals surface area contributed by atoms with Crippen LogP contribution in [-0.4, -0.2) is 16.6 Å². The van der Waals surface area contributed by atoms with Crippen LogP contribution in [-0.2, 0) is 12.1 Å². The maximum absolute atomic E-state index is 12.9. The van der Waals surface area contributed by atoms with Gasteiger partial charge in [-0.15, -0.1) is 0 Å². The van der Waals surface area contributed by atoms with E-state index < -0.39 is 10.5 Å². The van der Waals surface area contributed by atoms with E-state index in [9.17, 15) is 19.6 Å². The quantitative estimate of drug-likeness (QED) is 0.635. The molecule has 0 aliphatic rings. The fourth-order valence-corrected chi connectivity index (χ4v) is 2.14. The Morgan fingerprint density at radius 1 is 1.27 bits per heavy atom. The predicted octanol–water partition coefficient (Wildman–Crippen LogP) is 2.73. The lowest BCUT2D eigenvalue weighted by atomic mass is 9.96. The molecular weight excluding hydrogens is 287 g/mol. The zero-order chi connectivity index (χ0) is 16.2. The molecule has 2 N–H and O–H groups in total. The monoisotopic (exact) mass is 304 g/mol. The summed E-state index contributed by atoms with van der Waals surface area (Å²) in [5.41, 5.74) is 0.225. The van der Waals surface area contributed by atoms with Gasteiger partial charge in [-0.25, -0.2) is 4.39 Å². The Bertz CT molecular complexity index is 657. The molecule has 2 rings (SSSR count). The average Bonchev–Trinajstić information content (AvgIpc) is 2.48. The average molecular weight is 304 g/mol. The van der Waals surface area contributed by atoms with Gasteiger partial charge in [0.15, 0.2) is 0 Å². The van der Waals surface area contributed by atoms with Crippen LogP contribution in [0.1, 0.15) is 18.1 Å². The van der Waals surface area contributed by atoms with Gasteiger partial charge >= 0.3 is 0 Å². The van der Waals surface area contributed by atoms with Crippen molar-refractivity contribution < 1.29 is 14.4 Å². The van der Waals surface area contributed by atoms with Crippen LogP contribution in [0.15, 0.2) is 48.5 Å². The van der Waals surface area contributed by atoms with E-state index in [4.69, 9.17) is 0 Å². The lowest BCUT2D eigenvalue weighted by molar-refractivity contribution is -0.384. The SMILES string of the molecule is CC(O)(CNCc1cccc([N+](=O)[O-])c1)c1ccc(F)cc1. The van der Waals surface area contributed by atoms with Gasteiger partial charge in [0.1, 0.15) is 5.82 Å². The Kier molecular flexibility index (Phi) is 4.85. The number of aliphatic hydroxyl groups is 1. The molecule has 0 heterocycles. The Morgan fingerprint density at radius 2 is 1.95 bits per heavy atom. The number of nitro benzene ring substituents is 1. The predicted molar refractivity (Wildman–Crippen MR) is 80.8 cm³/mol. The standard InChI is InChI=1S/C16H17FN2O3/c1-16(20,13-5-7-14(17)8-6-13)11-18-10-12-3-2-4-15(9-12)19(21)22/h2-9,18,20H,10-11H2,1H3. The molecule has 0 bridgehead atoms. The number of hydrogen-bond donors (Lipinski definition) is 2. The van der Waals surface area contributed by atoms with Crippen LogP contribution in [0.3, 0.4) is 0 Å². The van der Waals surface area contributed by atoms with Gasteiger partial charge in [-0.1, -0.05) is 24.3 Å². The highest BCUT2D eigenvalue weighted by Gasteiger charge is 2.22. The molecule has 22 heavy (non-hydrogen) atoms. The van der Waals surface area contributed by atoms with Gasteiger partial charge in [0.25, 0.3) is 5.69 Å². The maximum atomic E-state index is 12.9. The number of nitrogens with one attached hydrogen (secondary N) is 1. The van der Waals surface area contributed by atoms with Crippen LogP contribution in [0.2, 0.25) is 0 Å². The molecule has 5 nitrogen and oxygen atoms in total. The second-order valence-corrected chi connectivity index (χ2v) is 5.31. The van der Waals surface area contributed by atoms with Crippen LogP contribution >= 0.6 is 0 Å². The number of rotatable bonds is 6. The van der Waals surface area contributed by atoms with Gasteiger partial charge in [-0.05, 0) is 30.2 Å². The molecule has 0 saturated carbocycles. The first-order valence-electron chi connectivity index (χ1n) is 6.81. The molecular formula is C16H17FN2O3. The van der Waals surface area contributed by atoms with Crippen molar-refractivity contribution in [2.24, 2.45) is 0 Å². The summed E-state index contributed by atoms with van der Waals surface area (Å²) in [4.78, 5) is 10.3. The summed E-state index contributed by atoms with van der Waals surface area (Å²) in [5.74, 6) is -0.357. The second-order valence-electron chi connectivity index (χ2n) is 5.31. The number of hydrogen-bond acceptors (Lipinski definition) is 4. The van der Waals surface area contributed by atoms with E-state index in [0.29, 0.717) is 12.1 Å². The van der Waals surface area contributed by atoms with Crippen molar-refractivity contribution in [1.82, 2.24) is 5.32 Å². The molecule has 1 atom stereocenters. The molecule has 2 aromatic carbocycles. The molecule has 116 valence electrons. The molecule has 1 unspecified atom stereocenters. The highest BCUT2D eigenvalue weighted by molar-refractivity contribution is 5.34. The van der Waals surface area contributed by atoms with Crippen LogP contribution in [0, 0.1) is 15.9 Å². The highest BCUT2D eigenvalue weighted by Crippen LogP contribution is 2.20. The van der Waals surface area contributed by atoms with Gasteiger partial charge in [-0.3, -0.25) is 10.1 Å². The van der Waals surface area contributed by atoms with Crippen LogP contribution in [0.25, 0.3) is 0 Å². The minimum absolute atomic E-state index is 0.0320. The summed E-state index contributed by atoms with van der Waals surface area (Å²) in [6, 6.07) is 12.0. The van der Waals surface area contributed by atoms with E-state index >= 15 is 0 Å². The topological polar surface area (TPSA) is 75.4 Å². The van der Waals surface area contributed by atoms with E-state index in [1.54, 1.807) is 19.1 Å². The number of non-ortho nitro benzene ring substituents is 1. The van der Waals surface area contributed by atoms with E-state index in [1.165, 1.54) is 36.4 Å². The van der Waals surface area contributed by atoms with Crippen LogP contribution in [0.5, 0.6) is 0 Å². The van der Waals surface area contributed by atoms with Crippen LogP contribution in [0.4, 0.5) is 10.1 Å². The van der Waals surface area contributed by atoms with Crippen molar-refractivity contribution in [2.75, 3.05) is 6.54 Å². The zero-order valence-electron chi connectivity index (χ0n) is 12.1. The molecule has 2 aromatic rings. The maximum Gasteiger partial charge on any atom is 0.269 e. The van der Waals surface area contributed by atoms with Crippen molar-refractivity contribution >= 4 is 5.69 Å². The fourth-order valence-electron chi connectivity index (χ4n) is 2.14. The van der Waals surface area contributed by atoms with Gasteiger partial charge in [0, 0.05) is 25.2 Å². The fraction of sp³-hybridized carbons (Fsp3) is 0.250. The molecule has 0 aliphatic carbocycles. The summed E-state index contributed by atoms with van der Waals surface area (Å²) < 4.78 is 12.9. The third-order valence-corrected chi connectivity index (χ3v) is 3.39. The minimum atomic E-state index is -1.16. The Morgan fingerprint density at radius 3 is 2.59 bits per heavy atom. The number of nitro groups is 1. The van der Waals surface area contributed by atoms with Gasteiger partial charge in [0.05, 0.1) is 10.5 Å². The molecule has 0 radical (unpaired) electrons. The Balaban J connectivity index is 1.96. The third-order valence-electron chi connectivity index (χ3n) is 3.39. The normalized spacial score (nSPS) is 13.6. The third kappa shape index (κ3) is 4.09. The molecule has 0 fully saturated rings. The van der Waals surface area contributed by atoms with Crippen molar-refractivity contribution in [2.45, 2.75) is 19.1 Å². The smallest absolute Gasteiger partial charge is 0.269 e.